The molecule has 0 unspecified atom stereocenters. The number of carbonyl (C=O) groups is 3. The van der Waals surface area contributed by atoms with E-state index in [2.05, 4.69) is 31.3 Å². The van der Waals surface area contributed by atoms with E-state index in [4.69, 9.17) is 0 Å². The molecule has 0 spiro atoms. The number of ether oxygens (including phenoxy) is 1. The lowest BCUT2D eigenvalue weighted by Crippen LogP contribution is -2.43. The number of nitrogens with zero attached hydrogens (tertiary/aromatic N) is 1. The van der Waals surface area contributed by atoms with Crippen LogP contribution in [0.5, 0.6) is 0 Å². The van der Waals surface area contributed by atoms with Crippen LogP contribution in [0.4, 0.5) is 10.5 Å². The molecule has 0 saturated heterocycles. The molecule has 24 heavy (non-hydrogen) atoms. The average Bonchev–Trinajstić information content (AvgIpc) is 2.49. The second-order valence-corrected chi connectivity index (χ2v) is 5.96. The van der Waals surface area contributed by atoms with E-state index >= 15 is 0 Å². The molecular formula is C16H22BrN3O4. The fourth-order valence-corrected chi connectivity index (χ4v) is 2.51. The third-order valence-corrected chi connectivity index (χ3v) is 3.75. The van der Waals surface area contributed by atoms with E-state index < -0.39 is 12.0 Å². The van der Waals surface area contributed by atoms with Gasteiger partial charge in [0, 0.05) is 4.47 Å². The monoisotopic (exact) mass is 399 g/mol. The van der Waals surface area contributed by atoms with Gasteiger partial charge in [-0.15, -0.1) is 0 Å². The Morgan fingerprint density at radius 2 is 1.83 bits per heavy atom. The van der Waals surface area contributed by atoms with Gasteiger partial charge in [-0.25, -0.2) is 4.79 Å². The van der Waals surface area contributed by atoms with E-state index in [0.29, 0.717) is 12.2 Å². The number of amides is 3. The van der Waals surface area contributed by atoms with E-state index in [1.807, 2.05) is 26.0 Å². The molecule has 8 heteroatoms. The van der Waals surface area contributed by atoms with Crippen LogP contribution in [-0.2, 0) is 14.3 Å². The number of nitrogens with one attached hydrogen (secondary N) is 2. The predicted octanol–water partition coefficient (Wildman–Crippen LogP) is 2.29. The second-order valence-electron chi connectivity index (χ2n) is 5.10. The van der Waals surface area contributed by atoms with Crippen molar-refractivity contribution in [2.45, 2.75) is 20.8 Å². The van der Waals surface area contributed by atoms with Gasteiger partial charge in [-0.05, 0) is 54.0 Å². The molecular weight excluding hydrogens is 378 g/mol. The van der Waals surface area contributed by atoms with Gasteiger partial charge in [-0.2, -0.15) is 0 Å². The first-order valence-electron chi connectivity index (χ1n) is 7.60. The van der Waals surface area contributed by atoms with Gasteiger partial charge in [0.2, 0.25) is 11.8 Å². The second kappa shape index (κ2) is 10.0. The predicted molar refractivity (Wildman–Crippen MR) is 94.8 cm³/mol. The molecule has 0 aliphatic heterocycles. The smallest absolute Gasteiger partial charge is 0.413 e. The molecule has 0 radical (unpaired) electrons. The summed E-state index contributed by atoms with van der Waals surface area (Å²) < 4.78 is 5.43. The van der Waals surface area contributed by atoms with Crippen molar-refractivity contribution in [2.24, 2.45) is 0 Å². The molecule has 0 fully saturated rings. The molecule has 0 aliphatic rings. The number of anilines is 1. The number of aryl methyl sites for hydroxylation is 1. The maximum absolute atomic E-state index is 12.1. The van der Waals surface area contributed by atoms with Crippen molar-refractivity contribution in [2.75, 3.05) is 31.6 Å². The summed E-state index contributed by atoms with van der Waals surface area (Å²) in [5, 5.41) is 4.89. The maximum atomic E-state index is 12.1. The van der Waals surface area contributed by atoms with Crippen molar-refractivity contribution in [1.29, 1.82) is 0 Å². The lowest BCUT2D eigenvalue weighted by Gasteiger charge is -2.19. The number of hydrogen-bond donors (Lipinski definition) is 2. The highest BCUT2D eigenvalue weighted by molar-refractivity contribution is 9.10. The van der Waals surface area contributed by atoms with Crippen molar-refractivity contribution in [3.8, 4) is 0 Å². The third kappa shape index (κ3) is 7.10. The molecule has 0 aromatic heterocycles. The van der Waals surface area contributed by atoms with E-state index in [-0.39, 0.29) is 25.6 Å². The van der Waals surface area contributed by atoms with Gasteiger partial charge in [-0.3, -0.25) is 19.8 Å². The highest BCUT2D eigenvalue weighted by Gasteiger charge is 2.16. The first kappa shape index (κ1) is 20.1. The maximum Gasteiger partial charge on any atom is 0.413 e. The molecule has 1 rings (SSSR count). The van der Waals surface area contributed by atoms with Crippen LogP contribution in [0.3, 0.4) is 0 Å². The lowest BCUT2D eigenvalue weighted by atomic mass is 10.2. The summed E-state index contributed by atoms with van der Waals surface area (Å²) in [6.45, 7) is 6.06. The van der Waals surface area contributed by atoms with Crippen LogP contribution in [0.25, 0.3) is 0 Å². The Bertz CT molecular complexity index is 607. The molecule has 0 saturated carbocycles. The van der Waals surface area contributed by atoms with Crippen LogP contribution in [0, 0.1) is 6.92 Å². The summed E-state index contributed by atoms with van der Waals surface area (Å²) >= 11 is 3.40. The van der Waals surface area contributed by atoms with Gasteiger partial charge >= 0.3 is 6.09 Å². The average molecular weight is 400 g/mol. The highest BCUT2D eigenvalue weighted by Crippen LogP contribution is 2.23. The van der Waals surface area contributed by atoms with Crippen LogP contribution in [-0.4, -0.2) is 49.0 Å². The van der Waals surface area contributed by atoms with Crippen LogP contribution in [0.1, 0.15) is 19.4 Å². The Hall–Kier alpha value is -1.93. The minimum Gasteiger partial charge on any atom is -0.450 e. The Balaban J connectivity index is 2.53. The van der Waals surface area contributed by atoms with Gasteiger partial charge in [0.05, 0.1) is 25.4 Å². The van der Waals surface area contributed by atoms with Crippen molar-refractivity contribution >= 4 is 39.5 Å². The van der Waals surface area contributed by atoms with Crippen molar-refractivity contribution in [3.05, 3.63) is 28.2 Å². The van der Waals surface area contributed by atoms with Gasteiger partial charge in [0.1, 0.15) is 0 Å². The normalized spacial score (nSPS) is 10.4. The zero-order valence-electron chi connectivity index (χ0n) is 14.0. The van der Waals surface area contributed by atoms with Crippen LogP contribution >= 0.6 is 15.9 Å². The fourth-order valence-electron chi connectivity index (χ4n) is 1.92. The van der Waals surface area contributed by atoms with Crippen LogP contribution < -0.4 is 10.6 Å². The Labute approximate surface area is 149 Å². The van der Waals surface area contributed by atoms with Crippen molar-refractivity contribution in [3.63, 3.8) is 0 Å². The number of halogens is 1. The third-order valence-electron chi connectivity index (χ3n) is 3.10. The quantitative estimate of drug-likeness (QED) is 0.734. The molecule has 132 valence electrons. The lowest BCUT2D eigenvalue weighted by molar-refractivity contribution is -0.122. The first-order valence-corrected chi connectivity index (χ1v) is 8.40. The van der Waals surface area contributed by atoms with E-state index in [1.165, 1.54) is 0 Å². The Kier molecular flexibility index (Phi) is 8.42. The van der Waals surface area contributed by atoms with Gasteiger partial charge in [-0.1, -0.05) is 13.0 Å². The number of carbonyl (C=O) groups excluding carboxylic acids is 3. The van der Waals surface area contributed by atoms with Gasteiger partial charge in [0.15, 0.2) is 0 Å². The Morgan fingerprint density at radius 1 is 1.17 bits per heavy atom. The van der Waals surface area contributed by atoms with E-state index in [0.717, 1.165) is 10.0 Å². The molecule has 1 aromatic rings. The minimum atomic E-state index is -0.786. The summed E-state index contributed by atoms with van der Waals surface area (Å²) in [5.41, 5.74) is 1.74. The zero-order chi connectivity index (χ0) is 18.1. The first-order chi connectivity index (χ1) is 11.3. The van der Waals surface area contributed by atoms with Crippen LogP contribution in [0.15, 0.2) is 22.7 Å². The molecule has 0 atom stereocenters. The molecule has 0 bridgehead atoms. The summed E-state index contributed by atoms with van der Waals surface area (Å²) in [5.74, 6) is -0.759. The number of hydrogen-bond acceptors (Lipinski definition) is 5. The Morgan fingerprint density at radius 3 is 2.42 bits per heavy atom. The number of benzene rings is 1. The number of rotatable bonds is 7. The molecule has 0 aliphatic carbocycles. The number of likely N-dealkylation sites (N-methyl/N-ethyl adjacent to an activating group) is 1. The van der Waals surface area contributed by atoms with Gasteiger partial charge < -0.3 is 10.1 Å². The summed E-state index contributed by atoms with van der Waals surface area (Å²) in [7, 11) is 0. The topological polar surface area (TPSA) is 87.7 Å². The largest absolute Gasteiger partial charge is 0.450 e. The van der Waals surface area contributed by atoms with Crippen molar-refractivity contribution in [1.82, 2.24) is 10.2 Å². The molecule has 7 nitrogen and oxygen atoms in total. The zero-order valence-corrected chi connectivity index (χ0v) is 15.6. The molecule has 0 heterocycles. The fraction of sp³-hybridized carbons (Fsp3) is 0.438. The molecule has 3 amide bonds. The summed E-state index contributed by atoms with van der Waals surface area (Å²) in [4.78, 5) is 36.7. The standard InChI is InChI=1S/C16H22BrN3O4/c1-4-20(10-15(22)19-16(23)24-5-2)9-14(21)18-13-7-6-11(3)8-12(13)17/h6-8H,4-5,9-10H2,1-3H3,(H,18,21)(H,19,22,23). The highest BCUT2D eigenvalue weighted by atomic mass is 79.9. The van der Waals surface area contributed by atoms with E-state index in [9.17, 15) is 14.4 Å². The number of imide groups is 1. The summed E-state index contributed by atoms with van der Waals surface area (Å²) in [6.07, 6.45) is -0.786. The minimum absolute atomic E-state index is 0.0348. The molecule has 2 N–H and O–H groups in total. The SMILES string of the molecule is CCOC(=O)NC(=O)CN(CC)CC(=O)Nc1ccc(C)cc1Br. The molecule has 1 aromatic carbocycles. The van der Waals surface area contributed by atoms with Gasteiger partial charge in [0.25, 0.3) is 0 Å². The summed E-state index contributed by atoms with van der Waals surface area (Å²) in [6, 6.07) is 5.60. The number of alkyl carbamates (subject to hydrolysis) is 1. The van der Waals surface area contributed by atoms with Crippen LogP contribution in [0.2, 0.25) is 0 Å². The van der Waals surface area contributed by atoms with Crippen molar-refractivity contribution < 1.29 is 19.1 Å². The van der Waals surface area contributed by atoms with E-state index in [1.54, 1.807) is 17.9 Å².